The van der Waals surface area contributed by atoms with Crippen LogP contribution in [0, 0.1) is 0 Å². The zero-order valence-corrected chi connectivity index (χ0v) is 10.6. The molecule has 0 spiro atoms. The molecule has 0 aliphatic carbocycles. The van der Waals surface area contributed by atoms with Crippen LogP contribution in [0.4, 0.5) is 9.18 Å². The summed E-state index contributed by atoms with van der Waals surface area (Å²) in [6.07, 6.45) is 0.972. The maximum Gasteiger partial charge on any atom is 0.407 e. The van der Waals surface area contributed by atoms with Gasteiger partial charge in [0.25, 0.3) is 0 Å². The number of alkyl carbamates (subject to hydrolysis) is 1. The smallest absolute Gasteiger partial charge is 0.407 e. The van der Waals surface area contributed by atoms with Gasteiger partial charge in [0, 0.05) is 12.1 Å². The zero-order valence-electron chi connectivity index (χ0n) is 10.6. The number of amides is 1. The number of piperidine rings is 1. The maximum absolute atomic E-state index is 14.0. The molecule has 0 radical (unpaired) electrons. The van der Waals surface area contributed by atoms with Gasteiger partial charge in [0.05, 0.1) is 6.04 Å². The SMILES string of the molecule is CC(C)(C)OC(=O)NC1CC2CCC(N2)C1F. The van der Waals surface area contributed by atoms with Crippen LogP contribution in [0.25, 0.3) is 0 Å². The molecule has 0 saturated carbocycles. The Bertz CT molecular complexity index is 303. The summed E-state index contributed by atoms with van der Waals surface area (Å²) in [6.45, 7) is 5.39. The molecule has 1 amide bonds. The van der Waals surface area contributed by atoms with E-state index < -0.39 is 23.9 Å². The Kier molecular flexibility index (Phi) is 3.30. The average molecular weight is 244 g/mol. The lowest BCUT2D eigenvalue weighted by Crippen LogP contribution is -2.56. The van der Waals surface area contributed by atoms with Crippen LogP contribution in [0.3, 0.4) is 0 Å². The van der Waals surface area contributed by atoms with Crippen molar-refractivity contribution in [3.05, 3.63) is 0 Å². The van der Waals surface area contributed by atoms with Crippen molar-refractivity contribution in [1.82, 2.24) is 10.6 Å². The number of halogens is 1. The van der Waals surface area contributed by atoms with Crippen molar-refractivity contribution in [2.75, 3.05) is 0 Å². The third kappa shape index (κ3) is 3.09. The summed E-state index contributed by atoms with van der Waals surface area (Å²) in [5.74, 6) is 0. The van der Waals surface area contributed by atoms with E-state index in [4.69, 9.17) is 4.74 Å². The lowest BCUT2D eigenvalue weighted by atomic mass is 9.98. The fourth-order valence-corrected chi connectivity index (χ4v) is 2.60. The van der Waals surface area contributed by atoms with E-state index in [9.17, 15) is 9.18 Å². The number of ether oxygens (including phenoxy) is 1. The number of carbonyl (C=O) groups excluding carboxylic acids is 1. The average Bonchev–Trinajstić information content (AvgIpc) is 2.55. The van der Waals surface area contributed by atoms with Gasteiger partial charge in [-0.25, -0.2) is 9.18 Å². The number of nitrogens with one attached hydrogen (secondary N) is 2. The predicted molar refractivity (Wildman–Crippen MR) is 62.6 cm³/mol. The quantitative estimate of drug-likeness (QED) is 0.738. The summed E-state index contributed by atoms with van der Waals surface area (Å²) in [7, 11) is 0. The van der Waals surface area contributed by atoms with Crippen LogP contribution in [-0.2, 0) is 4.74 Å². The molecule has 2 aliphatic heterocycles. The minimum Gasteiger partial charge on any atom is -0.444 e. The molecule has 0 aromatic carbocycles. The van der Waals surface area contributed by atoms with Crippen molar-refractivity contribution in [3.63, 3.8) is 0 Å². The van der Waals surface area contributed by atoms with E-state index in [0.717, 1.165) is 12.8 Å². The van der Waals surface area contributed by atoms with Gasteiger partial charge in [-0.05, 0) is 40.0 Å². The minimum absolute atomic E-state index is 0.103. The molecule has 2 bridgehead atoms. The van der Waals surface area contributed by atoms with Crippen LogP contribution in [0.5, 0.6) is 0 Å². The van der Waals surface area contributed by atoms with Crippen LogP contribution in [0.1, 0.15) is 40.0 Å². The standard InChI is InChI=1S/C12H21FN2O2/c1-12(2,3)17-11(16)15-9-6-7-4-5-8(14-7)10(9)13/h7-10,14H,4-6H2,1-3H3,(H,15,16). The van der Waals surface area contributed by atoms with Gasteiger partial charge in [-0.15, -0.1) is 0 Å². The Morgan fingerprint density at radius 3 is 2.76 bits per heavy atom. The maximum atomic E-state index is 14.0. The Labute approximate surface area is 101 Å². The van der Waals surface area contributed by atoms with E-state index >= 15 is 0 Å². The second-order valence-electron chi connectivity index (χ2n) is 5.98. The van der Waals surface area contributed by atoms with E-state index in [-0.39, 0.29) is 6.04 Å². The first-order valence-corrected chi connectivity index (χ1v) is 6.25. The largest absolute Gasteiger partial charge is 0.444 e. The predicted octanol–water partition coefficient (Wildman–Crippen LogP) is 1.74. The molecule has 2 rings (SSSR count). The Morgan fingerprint density at radius 2 is 2.12 bits per heavy atom. The van der Waals surface area contributed by atoms with Crippen LogP contribution in [0.2, 0.25) is 0 Å². The van der Waals surface area contributed by atoms with Crippen molar-refractivity contribution < 1.29 is 13.9 Å². The number of hydrogen-bond donors (Lipinski definition) is 2. The summed E-state index contributed by atoms with van der Waals surface area (Å²) in [6, 6.07) is -0.177. The number of hydrogen-bond acceptors (Lipinski definition) is 3. The summed E-state index contributed by atoms with van der Waals surface area (Å²) >= 11 is 0. The van der Waals surface area contributed by atoms with Crippen LogP contribution in [0.15, 0.2) is 0 Å². The fraction of sp³-hybridized carbons (Fsp3) is 0.917. The third-order valence-corrected chi connectivity index (χ3v) is 3.29. The van der Waals surface area contributed by atoms with Gasteiger partial charge in [0.15, 0.2) is 0 Å². The molecule has 4 nitrogen and oxygen atoms in total. The van der Waals surface area contributed by atoms with E-state index in [0.29, 0.717) is 12.5 Å². The Balaban J connectivity index is 1.88. The first kappa shape index (κ1) is 12.6. The van der Waals surface area contributed by atoms with Crippen molar-refractivity contribution in [2.24, 2.45) is 0 Å². The molecule has 2 saturated heterocycles. The molecular weight excluding hydrogens is 223 g/mol. The van der Waals surface area contributed by atoms with Crippen molar-refractivity contribution >= 4 is 6.09 Å². The van der Waals surface area contributed by atoms with E-state index in [1.165, 1.54) is 0 Å². The van der Waals surface area contributed by atoms with E-state index in [1.807, 2.05) is 0 Å². The van der Waals surface area contributed by atoms with Gasteiger partial charge in [-0.3, -0.25) is 0 Å². The van der Waals surface area contributed by atoms with Crippen LogP contribution >= 0.6 is 0 Å². The van der Waals surface area contributed by atoms with Crippen LogP contribution < -0.4 is 10.6 Å². The highest BCUT2D eigenvalue weighted by Crippen LogP contribution is 2.29. The molecule has 98 valence electrons. The molecule has 2 fully saturated rings. The molecule has 17 heavy (non-hydrogen) atoms. The van der Waals surface area contributed by atoms with E-state index in [1.54, 1.807) is 20.8 Å². The second kappa shape index (κ2) is 4.44. The number of fused-ring (bicyclic) bond motifs is 2. The third-order valence-electron chi connectivity index (χ3n) is 3.29. The van der Waals surface area contributed by atoms with Crippen LogP contribution in [-0.4, -0.2) is 36.0 Å². The minimum atomic E-state index is -1.01. The molecule has 4 unspecified atom stereocenters. The molecular formula is C12H21FN2O2. The second-order valence-corrected chi connectivity index (χ2v) is 5.98. The number of carbonyl (C=O) groups is 1. The molecule has 2 aliphatic rings. The highest BCUT2D eigenvalue weighted by atomic mass is 19.1. The summed E-state index contributed by atoms with van der Waals surface area (Å²) in [5.41, 5.74) is -0.540. The van der Waals surface area contributed by atoms with Crippen molar-refractivity contribution in [1.29, 1.82) is 0 Å². The lowest BCUT2D eigenvalue weighted by Gasteiger charge is -2.33. The summed E-state index contributed by atoms with van der Waals surface area (Å²) in [4.78, 5) is 11.6. The van der Waals surface area contributed by atoms with Gasteiger partial charge >= 0.3 is 6.09 Å². The highest BCUT2D eigenvalue weighted by molar-refractivity contribution is 5.68. The Hall–Kier alpha value is -0.840. The topological polar surface area (TPSA) is 50.4 Å². The highest BCUT2D eigenvalue weighted by Gasteiger charge is 2.42. The first-order valence-electron chi connectivity index (χ1n) is 6.25. The molecule has 0 aromatic heterocycles. The molecule has 2 N–H and O–H groups in total. The van der Waals surface area contributed by atoms with E-state index in [2.05, 4.69) is 10.6 Å². The molecule has 0 aromatic rings. The Morgan fingerprint density at radius 1 is 1.41 bits per heavy atom. The molecule has 2 heterocycles. The first-order chi connectivity index (χ1) is 7.85. The lowest BCUT2D eigenvalue weighted by molar-refractivity contribution is 0.0436. The molecule has 5 heteroatoms. The van der Waals surface area contributed by atoms with Gasteiger partial charge in [0.1, 0.15) is 11.8 Å². The van der Waals surface area contributed by atoms with Gasteiger partial charge in [-0.2, -0.15) is 0 Å². The van der Waals surface area contributed by atoms with Crippen molar-refractivity contribution in [3.8, 4) is 0 Å². The van der Waals surface area contributed by atoms with Crippen molar-refractivity contribution in [2.45, 2.75) is 69.9 Å². The fourth-order valence-electron chi connectivity index (χ4n) is 2.60. The van der Waals surface area contributed by atoms with Gasteiger partial charge in [-0.1, -0.05) is 0 Å². The summed E-state index contributed by atoms with van der Waals surface area (Å²) < 4.78 is 19.1. The number of alkyl halides is 1. The normalized spacial score (nSPS) is 36.7. The number of rotatable bonds is 1. The van der Waals surface area contributed by atoms with Gasteiger partial charge in [0.2, 0.25) is 0 Å². The molecule has 4 atom stereocenters. The zero-order chi connectivity index (χ0) is 12.6. The monoisotopic (exact) mass is 244 g/mol. The van der Waals surface area contributed by atoms with Gasteiger partial charge < -0.3 is 15.4 Å². The summed E-state index contributed by atoms with van der Waals surface area (Å²) in [5, 5.41) is 5.87.